The Morgan fingerprint density at radius 3 is 2.17 bits per heavy atom. The molecule has 1 heterocycles. The molecule has 0 unspecified atom stereocenters. The van der Waals surface area contributed by atoms with Crippen LogP contribution in [0.2, 0.25) is 0 Å². The molecule has 1 amide bonds. The third kappa shape index (κ3) is 6.16. The Morgan fingerprint density at radius 1 is 0.950 bits per heavy atom. The van der Waals surface area contributed by atoms with Crippen LogP contribution in [0.25, 0.3) is 11.0 Å². The number of para-hydroxylation sites is 2. The molecule has 4 rings (SSSR count). The maximum atomic E-state index is 13.4. The van der Waals surface area contributed by atoms with E-state index in [2.05, 4.69) is 20.0 Å². The largest absolute Gasteiger partial charge is 0.493 e. The fourth-order valence-corrected chi connectivity index (χ4v) is 4.79. The summed E-state index contributed by atoms with van der Waals surface area (Å²) in [5, 5.41) is 12.3. The van der Waals surface area contributed by atoms with Gasteiger partial charge in [0.05, 0.1) is 42.4 Å². The second-order valence-corrected chi connectivity index (χ2v) is 10.3. The highest BCUT2D eigenvalue weighted by atomic mass is 32.2. The molecule has 210 valence electrons. The first-order valence-corrected chi connectivity index (χ1v) is 13.5. The van der Waals surface area contributed by atoms with E-state index in [1.165, 1.54) is 43.4 Å². The fraction of sp³-hybridized carbons (Fsp3) is 0.222. The number of benzene rings is 3. The Balaban J connectivity index is 1.77. The highest BCUT2D eigenvalue weighted by Gasteiger charge is 2.22. The molecule has 4 aromatic rings. The van der Waals surface area contributed by atoms with Crippen LogP contribution in [0.15, 0.2) is 65.6 Å². The standard InChI is InChI=1S/C27H29N5O7S/c1-32(2)27(34)17-9-11-19(12-10-17)40(35,36)31-26-25(28-20-7-5-6-8-21(20)29-26)30-22-15-18(39-14-13-33)16-23(37-3)24(22)38-4/h5-12,15-16,33H,13-14H2,1-4H3,(H,28,30)(H,29,31). The number of rotatable bonds is 11. The summed E-state index contributed by atoms with van der Waals surface area (Å²) in [4.78, 5) is 22.7. The molecule has 3 N–H and O–H groups in total. The van der Waals surface area contributed by atoms with E-state index in [4.69, 9.17) is 19.3 Å². The first-order chi connectivity index (χ1) is 19.2. The maximum absolute atomic E-state index is 13.4. The molecule has 1 aromatic heterocycles. The van der Waals surface area contributed by atoms with Crippen LogP contribution in [0.3, 0.4) is 0 Å². The minimum atomic E-state index is -4.13. The van der Waals surface area contributed by atoms with Crippen LogP contribution in [0.4, 0.5) is 17.3 Å². The van der Waals surface area contributed by atoms with Crippen molar-refractivity contribution in [3.8, 4) is 17.2 Å². The van der Waals surface area contributed by atoms with Crippen molar-refractivity contribution < 1.29 is 32.5 Å². The van der Waals surface area contributed by atoms with Gasteiger partial charge in [0.2, 0.25) is 0 Å². The van der Waals surface area contributed by atoms with E-state index in [1.54, 1.807) is 50.5 Å². The Morgan fingerprint density at radius 2 is 1.60 bits per heavy atom. The van der Waals surface area contributed by atoms with Crippen LogP contribution in [0.1, 0.15) is 10.4 Å². The number of nitrogens with zero attached hydrogens (tertiary/aromatic N) is 3. The van der Waals surface area contributed by atoms with Crippen molar-refractivity contribution in [1.29, 1.82) is 0 Å². The predicted molar refractivity (Wildman–Crippen MR) is 150 cm³/mol. The number of anilines is 3. The van der Waals surface area contributed by atoms with Crippen LogP contribution in [-0.4, -0.2) is 75.8 Å². The number of methoxy groups -OCH3 is 2. The summed E-state index contributed by atoms with van der Waals surface area (Å²) in [6.07, 6.45) is 0. The molecule has 0 bridgehead atoms. The van der Waals surface area contributed by atoms with Crippen molar-refractivity contribution in [2.75, 3.05) is 51.6 Å². The lowest BCUT2D eigenvalue weighted by molar-refractivity contribution is 0.0827. The van der Waals surface area contributed by atoms with Crippen LogP contribution in [0.5, 0.6) is 17.2 Å². The van der Waals surface area contributed by atoms with Gasteiger partial charge in [0, 0.05) is 31.8 Å². The number of carbonyl (C=O) groups excluding carboxylic acids is 1. The van der Waals surface area contributed by atoms with Gasteiger partial charge in [-0.1, -0.05) is 12.1 Å². The number of amides is 1. The average Bonchev–Trinajstić information content (AvgIpc) is 2.95. The van der Waals surface area contributed by atoms with Gasteiger partial charge in [-0.2, -0.15) is 0 Å². The molecule has 40 heavy (non-hydrogen) atoms. The van der Waals surface area contributed by atoms with E-state index >= 15 is 0 Å². The number of hydrogen-bond acceptors (Lipinski definition) is 10. The van der Waals surface area contributed by atoms with E-state index in [-0.39, 0.29) is 35.7 Å². The van der Waals surface area contributed by atoms with Crippen LogP contribution < -0.4 is 24.2 Å². The van der Waals surface area contributed by atoms with Gasteiger partial charge in [-0.25, -0.2) is 18.4 Å². The van der Waals surface area contributed by atoms with E-state index in [0.717, 1.165) is 0 Å². The molecule has 0 saturated carbocycles. The monoisotopic (exact) mass is 567 g/mol. The lowest BCUT2D eigenvalue weighted by Crippen LogP contribution is -2.22. The lowest BCUT2D eigenvalue weighted by Gasteiger charge is -2.18. The molecule has 13 heteroatoms. The second kappa shape index (κ2) is 12.1. The minimum Gasteiger partial charge on any atom is -0.493 e. The van der Waals surface area contributed by atoms with Gasteiger partial charge in [-0.15, -0.1) is 0 Å². The van der Waals surface area contributed by atoms with Crippen molar-refractivity contribution in [3.63, 3.8) is 0 Å². The average molecular weight is 568 g/mol. The summed E-state index contributed by atoms with van der Waals surface area (Å²) in [6, 6.07) is 15.8. The van der Waals surface area contributed by atoms with Crippen LogP contribution >= 0.6 is 0 Å². The number of aliphatic hydroxyl groups excluding tert-OH is 1. The summed E-state index contributed by atoms with van der Waals surface area (Å²) in [5.74, 6) is 0.777. The van der Waals surface area contributed by atoms with E-state index in [1.807, 2.05) is 0 Å². The molecular formula is C27H29N5O7S. The second-order valence-electron chi connectivity index (χ2n) is 8.64. The number of aliphatic hydroxyl groups is 1. The van der Waals surface area contributed by atoms with Gasteiger partial charge in [-0.05, 0) is 36.4 Å². The summed E-state index contributed by atoms with van der Waals surface area (Å²) in [7, 11) is 2.01. The molecule has 0 radical (unpaired) electrons. The maximum Gasteiger partial charge on any atom is 0.263 e. The minimum absolute atomic E-state index is 0.0503. The van der Waals surface area contributed by atoms with E-state index in [0.29, 0.717) is 39.5 Å². The molecule has 0 fully saturated rings. The topological polar surface area (TPSA) is 152 Å². The Bertz CT molecular complexity index is 1630. The highest BCUT2D eigenvalue weighted by molar-refractivity contribution is 7.92. The van der Waals surface area contributed by atoms with Crippen molar-refractivity contribution in [1.82, 2.24) is 14.9 Å². The third-order valence-corrected chi connectivity index (χ3v) is 7.04. The smallest absolute Gasteiger partial charge is 0.263 e. The zero-order valence-electron chi connectivity index (χ0n) is 22.3. The van der Waals surface area contributed by atoms with E-state index in [9.17, 15) is 13.2 Å². The van der Waals surface area contributed by atoms with Gasteiger partial charge in [-0.3, -0.25) is 9.52 Å². The quantitative estimate of drug-likeness (QED) is 0.246. The Kier molecular flexibility index (Phi) is 8.55. The van der Waals surface area contributed by atoms with Crippen molar-refractivity contribution in [3.05, 3.63) is 66.2 Å². The van der Waals surface area contributed by atoms with Gasteiger partial charge < -0.3 is 29.5 Å². The SMILES string of the molecule is COc1cc(OCCO)cc(Nc2nc3ccccc3nc2NS(=O)(=O)c2ccc(C(=O)N(C)C)cc2)c1OC. The number of nitrogens with one attached hydrogen (secondary N) is 2. The molecule has 0 aliphatic rings. The number of fused-ring (bicyclic) bond motifs is 1. The first-order valence-electron chi connectivity index (χ1n) is 12.0. The first kappa shape index (κ1) is 28.4. The predicted octanol–water partition coefficient (Wildman–Crippen LogP) is 3.26. The molecule has 3 aromatic carbocycles. The number of ether oxygens (including phenoxy) is 3. The normalized spacial score (nSPS) is 11.1. The molecule has 0 spiro atoms. The molecular weight excluding hydrogens is 538 g/mol. The van der Waals surface area contributed by atoms with Crippen LogP contribution in [-0.2, 0) is 10.0 Å². The zero-order chi connectivity index (χ0) is 28.9. The van der Waals surface area contributed by atoms with E-state index < -0.39 is 10.0 Å². The van der Waals surface area contributed by atoms with Gasteiger partial charge in [0.25, 0.3) is 15.9 Å². The summed E-state index contributed by atoms with van der Waals surface area (Å²) < 4.78 is 45.8. The Labute approximate surface area is 231 Å². The number of carbonyl (C=O) groups is 1. The van der Waals surface area contributed by atoms with Crippen LogP contribution in [0, 0.1) is 0 Å². The summed E-state index contributed by atoms with van der Waals surface area (Å²) in [6.45, 7) is -0.141. The van der Waals surface area contributed by atoms with Gasteiger partial charge in [0.15, 0.2) is 23.1 Å². The fourth-order valence-electron chi connectivity index (χ4n) is 3.79. The Hall–Kier alpha value is -4.62. The van der Waals surface area contributed by atoms with Gasteiger partial charge in [0.1, 0.15) is 12.4 Å². The van der Waals surface area contributed by atoms with Crippen molar-refractivity contribution in [2.24, 2.45) is 0 Å². The molecule has 0 saturated heterocycles. The molecule has 0 atom stereocenters. The number of sulfonamides is 1. The third-order valence-electron chi connectivity index (χ3n) is 5.68. The van der Waals surface area contributed by atoms with Crippen molar-refractivity contribution in [2.45, 2.75) is 4.90 Å². The molecule has 12 nitrogen and oxygen atoms in total. The lowest BCUT2D eigenvalue weighted by atomic mass is 10.2. The summed E-state index contributed by atoms with van der Waals surface area (Å²) >= 11 is 0. The highest BCUT2D eigenvalue weighted by Crippen LogP contribution is 2.41. The molecule has 0 aliphatic heterocycles. The zero-order valence-corrected chi connectivity index (χ0v) is 23.2. The van der Waals surface area contributed by atoms with Crippen molar-refractivity contribution >= 4 is 44.3 Å². The summed E-state index contributed by atoms with van der Waals surface area (Å²) in [5.41, 5.74) is 1.67. The molecule has 0 aliphatic carbocycles. The number of aromatic nitrogens is 2. The van der Waals surface area contributed by atoms with Gasteiger partial charge >= 0.3 is 0 Å². The number of hydrogen-bond donors (Lipinski definition) is 3.